The van der Waals surface area contributed by atoms with Gasteiger partial charge in [-0.05, 0) is 24.3 Å². The first-order valence-corrected chi connectivity index (χ1v) is 7.66. The van der Waals surface area contributed by atoms with Crippen LogP contribution in [0.5, 0.6) is 0 Å². The number of nitrogens with one attached hydrogen (secondary N) is 1. The summed E-state index contributed by atoms with van der Waals surface area (Å²) >= 11 is 0. The third-order valence-electron chi connectivity index (χ3n) is 3.80. The molecule has 0 unspecified atom stereocenters. The summed E-state index contributed by atoms with van der Waals surface area (Å²) in [4.78, 5) is 37.4. The summed E-state index contributed by atoms with van der Waals surface area (Å²) in [6.45, 7) is 5.81. The van der Waals surface area contributed by atoms with Crippen molar-refractivity contribution in [1.82, 2.24) is 10.2 Å². The zero-order valence-electron chi connectivity index (χ0n) is 13.3. The number of Topliss-reactive ketones (excluding diaryl/α,β-unsaturated/α-hetero) is 1. The van der Waals surface area contributed by atoms with Gasteiger partial charge in [0.25, 0.3) is 5.91 Å². The van der Waals surface area contributed by atoms with Crippen LogP contribution in [-0.4, -0.2) is 35.2 Å². The minimum Gasteiger partial charge on any atom is -0.326 e. The molecule has 5 heteroatoms. The zero-order chi connectivity index (χ0) is 16.3. The van der Waals surface area contributed by atoms with E-state index in [2.05, 4.69) is 5.32 Å². The number of hydrogen-bond donors (Lipinski definition) is 1. The summed E-state index contributed by atoms with van der Waals surface area (Å²) in [6, 6.07) is 6.27. The summed E-state index contributed by atoms with van der Waals surface area (Å²) in [5.74, 6) is -0.236. The molecule has 1 fully saturated rings. The van der Waals surface area contributed by atoms with Gasteiger partial charge < -0.3 is 5.32 Å². The number of amides is 3. The van der Waals surface area contributed by atoms with Crippen LogP contribution in [0.2, 0.25) is 0 Å². The first-order chi connectivity index (χ1) is 10.4. The number of imide groups is 1. The van der Waals surface area contributed by atoms with Crippen molar-refractivity contribution in [3.8, 4) is 0 Å². The Bertz CT molecular complexity index is 578. The Balaban J connectivity index is 2.04. The third-order valence-corrected chi connectivity index (χ3v) is 3.80. The molecule has 0 aliphatic carbocycles. The normalized spacial score (nSPS) is 18.0. The molecular formula is C17H22N2O3. The Kier molecular flexibility index (Phi) is 4.96. The molecular weight excluding hydrogens is 280 g/mol. The molecule has 5 nitrogen and oxygen atoms in total. The fourth-order valence-corrected chi connectivity index (χ4v) is 2.52. The Labute approximate surface area is 130 Å². The van der Waals surface area contributed by atoms with E-state index in [9.17, 15) is 14.4 Å². The minimum absolute atomic E-state index is 0.204. The van der Waals surface area contributed by atoms with Crippen LogP contribution in [0.3, 0.4) is 0 Å². The predicted molar refractivity (Wildman–Crippen MR) is 83.6 cm³/mol. The molecule has 1 atom stereocenters. The Hall–Kier alpha value is -2.17. The van der Waals surface area contributed by atoms with Gasteiger partial charge in [-0.2, -0.15) is 0 Å². The van der Waals surface area contributed by atoms with Crippen LogP contribution in [0.4, 0.5) is 4.79 Å². The van der Waals surface area contributed by atoms with E-state index >= 15 is 0 Å². The standard InChI is InChI=1S/C17H22N2O3/c1-4-12-5-7-13(8-6-12)15(20)10-19-16(21)14(9-11(2)3)18-17(19)22/h5-8,11,14H,4,9-10H2,1-3H3,(H,18,22)/t14-/m1/s1. The van der Waals surface area contributed by atoms with Crippen molar-refractivity contribution in [3.05, 3.63) is 35.4 Å². The maximum absolute atomic E-state index is 12.2. The van der Waals surface area contributed by atoms with Gasteiger partial charge in [-0.3, -0.25) is 14.5 Å². The fraction of sp³-hybridized carbons (Fsp3) is 0.471. The molecule has 22 heavy (non-hydrogen) atoms. The monoisotopic (exact) mass is 302 g/mol. The quantitative estimate of drug-likeness (QED) is 0.648. The summed E-state index contributed by atoms with van der Waals surface area (Å²) in [5.41, 5.74) is 1.66. The lowest BCUT2D eigenvalue weighted by molar-refractivity contribution is -0.127. The number of nitrogens with zero attached hydrogens (tertiary/aromatic N) is 1. The molecule has 1 aliphatic rings. The smallest absolute Gasteiger partial charge is 0.325 e. The van der Waals surface area contributed by atoms with Crippen LogP contribution in [0.1, 0.15) is 43.1 Å². The summed E-state index contributed by atoms with van der Waals surface area (Å²) in [5, 5.41) is 2.65. The highest BCUT2D eigenvalue weighted by Gasteiger charge is 2.38. The molecule has 1 heterocycles. The lowest BCUT2D eigenvalue weighted by atomic mass is 10.0. The summed E-state index contributed by atoms with van der Waals surface area (Å²) < 4.78 is 0. The van der Waals surface area contributed by atoms with Gasteiger partial charge in [-0.25, -0.2) is 4.79 Å². The van der Waals surface area contributed by atoms with Crippen molar-refractivity contribution in [2.24, 2.45) is 5.92 Å². The van der Waals surface area contributed by atoms with Crippen LogP contribution in [0.25, 0.3) is 0 Å². The first kappa shape index (κ1) is 16.2. The highest BCUT2D eigenvalue weighted by Crippen LogP contribution is 2.15. The molecule has 1 aromatic rings. The van der Waals surface area contributed by atoms with E-state index in [-0.39, 0.29) is 18.2 Å². The van der Waals surface area contributed by atoms with E-state index in [0.29, 0.717) is 17.9 Å². The van der Waals surface area contributed by atoms with E-state index < -0.39 is 12.1 Å². The Morgan fingerprint density at radius 2 is 1.86 bits per heavy atom. The van der Waals surface area contributed by atoms with Gasteiger partial charge in [-0.1, -0.05) is 45.0 Å². The number of aryl methyl sites for hydroxylation is 1. The number of carbonyl (C=O) groups excluding carboxylic acids is 3. The van der Waals surface area contributed by atoms with Crippen LogP contribution in [0.15, 0.2) is 24.3 Å². The topological polar surface area (TPSA) is 66.5 Å². The lowest BCUT2D eigenvalue weighted by Crippen LogP contribution is -2.36. The predicted octanol–water partition coefficient (Wildman–Crippen LogP) is 2.40. The third kappa shape index (κ3) is 3.53. The molecule has 1 N–H and O–H groups in total. The van der Waals surface area contributed by atoms with Crippen LogP contribution in [-0.2, 0) is 11.2 Å². The minimum atomic E-state index is -0.511. The average Bonchev–Trinajstić information content (AvgIpc) is 2.74. The van der Waals surface area contributed by atoms with Crippen LogP contribution < -0.4 is 5.32 Å². The van der Waals surface area contributed by atoms with Crippen LogP contribution in [0, 0.1) is 5.92 Å². The number of benzene rings is 1. The molecule has 0 bridgehead atoms. The second-order valence-corrected chi connectivity index (χ2v) is 6.03. The van der Waals surface area contributed by atoms with Crippen molar-refractivity contribution in [2.75, 3.05) is 6.54 Å². The molecule has 0 saturated carbocycles. The van der Waals surface area contributed by atoms with Gasteiger partial charge in [-0.15, -0.1) is 0 Å². The molecule has 1 aliphatic heterocycles. The average molecular weight is 302 g/mol. The molecule has 3 amide bonds. The van der Waals surface area contributed by atoms with Crippen molar-refractivity contribution < 1.29 is 14.4 Å². The van der Waals surface area contributed by atoms with E-state index in [4.69, 9.17) is 0 Å². The van der Waals surface area contributed by atoms with E-state index in [1.165, 1.54) is 0 Å². The van der Waals surface area contributed by atoms with Crippen molar-refractivity contribution in [1.29, 1.82) is 0 Å². The number of rotatable bonds is 6. The fourth-order valence-electron chi connectivity index (χ4n) is 2.52. The van der Waals surface area contributed by atoms with Gasteiger partial charge in [0.15, 0.2) is 5.78 Å². The molecule has 0 aromatic heterocycles. The lowest BCUT2D eigenvalue weighted by Gasteiger charge is -2.13. The summed E-state index contributed by atoms with van der Waals surface area (Å²) in [7, 11) is 0. The largest absolute Gasteiger partial charge is 0.326 e. The number of carbonyl (C=O) groups is 3. The van der Waals surface area contributed by atoms with Crippen molar-refractivity contribution >= 4 is 17.7 Å². The second kappa shape index (κ2) is 6.73. The van der Waals surface area contributed by atoms with E-state index in [1.807, 2.05) is 32.9 Å². The van der Waals surface area contributed by atoms with Gasteiger partial charge in [0.1, 0.15) is 6.04 Å². The van der Waals surface area contributed by atoms with E-state index in [0.717, 1.165) is 16.9 Å². The molecule has 118 valence electrons. The number of hydrogen-bond acceptors (Lipinski definition) is 3. The van der Waals surface area contributed by atoms with E-state index in [1.54, 1.807) is 12.1 Å². The van der Waals surface area contributed by atoms with Gasteiger partial charge in [0.05, 0.1) is 6.54 Å². The van der Waals surface area contributed by atoms with Crippen molar-refractivity contribution in [2.45, 2.75) is 39.7 Å². The number of urea groups is 1. The maximum atomic E-state index is 12.2. The van der Waals surface area contributed by atoms with Crippen LogP contribution >= 0.6 is 0 Å². The highest BCUT2D eigenvalue weighted by atomic mass is 16.2. The summed E-state index contributed by atoms with van der Waals surface area (Å²) in [6.07, 6.45) is 1.48. The molecule has 2 rings (SSSR count). The first-order valence-electron chi connectivity index (χ1n) is 7.66. The maximum Gasteiger partial charge on any atom is 0.325 e. The molecule has 1 aromatic carbocycles. The van der Waals surface area contributed by atoms with Gasteiger partial charge in [0.2, 0.25) is 0 Å². The Morgan fingerprint density at radius 3 is 2.41 bits per heavy atom. The Morgan fingerprint density at radius 1 is 1.23 bits per heavy atom. The van der Waals surface area contributed by atoms with Gasteiger partial charge in [0, 0.05) is 5.56 Å². The molecule has 1 saturated heterocycles. The SMILES string of the molecule is CCc1ccc(C(=O)CN2C(=O)N[C@H](CC(C)C)C2=O)cc1. The molecule has 0 radical (unpaired) electrons. The zero-order valence-corrected chi connectivity index (χ0v) is 13.3. The number of ketones is 1. The van der Waals surface area contributed by atoms with Crippen molar-refractivity contribution in [3.63, 3.8) is 0 Å². The molecule has 0 spiro atoms. The highest BCUT2D eigenvalue weighted by molar-refractivity contribution is 6.09. The van der Waals surface area contributed by atoms with Gasteiger partial charge >= 0.3 is 6.03 Å². The second-order valence-electron chi connectivity index (χ2n) is 6.03.